The number of hydrogen-bond acceptors (Lipinski definition) is 4. The SMILES string of the molecule is CC(C)N(CCc1c[nH]c2c(OC(=O)CCCCC(=O)O)cccc12)C(C)C. The van der Waals surface area contributed by atoms with Crippen molar-refractivity contribution in [2.75, 3.05) is 6.54 Å². The minimum absolute atomic E-state index is 0.0760. The quantitative estimate of drug-likeness (QED) is 0.339. The second-order valence-electron chi connectivity index (χ2n) is 7.74. The van der Waals surface area contributed by atoms with Crippen LogP contribution >= 0.6 is 0 Å². The average Bonchev–Trinajstić information content (AvgIpc) is 3.02. The van der Waals surface area contributed by atoms with Crippen molar-refractivity contribution in [2.45, 2.75) is 71.9 Å². The molecule has 0 aliphatic carbocycles. The summed E-state index contributed by atoms with van der Waals surface area (Å²) in [7, 11) is 0. The van der Waals surface area contributed by atoms with E-state index < -0.39 is 5.97 Å². The molecule has 2 rings (SSSR count). The van der Waals surface area contributed by atoms with Gasteiger partial charge in [-0.1, -0.05) is 12.1 Å². The van der Waals surface area contributed by atoms with Gasteiger partial charge in [-0.05, 0) is 58.6 Å². The van der Waals surface area contributed by atoms with Gasteiger partial charge in [0.25, 0.3) is 0 Å². The summed E-state index contributed by atoms with van der Waals surface area (Å²) in [5, 5.41) is 9.72. The molecule has 0 bridgehead atoms. The van der Waals surface area contributed by atoms with Crippen molar-refractivity contribution < 1.29 is 19.4 Å². The molecule has 0 spiro atoms. The molecule has 1 aromatic carbocycles. The van der Waals surface area contributed by atoms with Gasteiger partial charge in [-0.15, -0.1) is 0 Å². The van der Waals surface area contributed by atoms with E-state index in [4.69, 9.17) is 9.84 Å². The van der Waals surface area contributed by atoms with E-state index in [9.17, 15) is 9.59 Å². The Morgan fingerprint density at radius 2 is 1.79 bits per heavy atom. The third kappa shape index (κ3) is 6.09. The van der Waals surface area contributed by atoms with Gasteiger partial charge in [-0.25, -0.2) is 0 Å². The molecule has 2 N–H and O–H groups in total. The van der Waals surface area contributed by atoms with Crippen LogP contribution in [-0.4, -0.2) is 45.6 Å². The summed E-state index contributed by atoms with van der Waals surface area (Å²) in [5.41, 5.74) is 2.04. The van der Waals surface area contributed by atoms with E-state index in [1.165, 1.54) is 5.56 Å². The molecular formula is C22H32N2O4. The number of carboxylic acids is 1. The van der Waals surface area contributed by atoms with E-state index in [2.05, 4.69) is 37.6 Å². The zero-order valence-corrected chi connectivity index (χ0v) is 17.3. The monoisotopic (exact) mass is 388 g/mol. The molecular weight excluding hydrogens is 356 g/mol. The first-order valence-corrected chi connectivity index (χ1v) is 10.1. The average molecular weight is 389 g/mol. The van der Waals surface area contributed by atoms with Crippen LogP contribution < -0.4 is 4.74 Å². The summed E-state index contributed by atoms with van der Waals surface area (Å²) in [6, 6.07) is 6.70. The standard InChI is InChI=1S/C22H32N2O4/c1-15(2)24(16(3)4)13-12-17-14-23-22-18(17)8-7-9-19(22)28-21(27)11-6-5-10-20(25)26/h7-9,14-16,23H,5-6,10-13H2,1-4H3,(H,25,26). The van der Waals surface area contributed by atoms with Crippen molar-refractivity contribution in [3.63, 3.8) is 0 Å². The summed E-state index contributed by atoms with van der Waals surface area (Å²) < 4.78 is 5.52. The normalized spacial score (nSPS) is 11.7. The van der Waals surface area contributed by atoms with E-state index in [0.717, 1.165) is 23.9 Å². The number of fused-ring (bicyclic) bond motifs is 1. The number of benzene rings is 1. The minimum Gasteiger partial charge on any atom is -0.481 e. The molecule has 0 fully saturated rings. The van der Waals surface area contributed by atoms with Gasteiger partial charge in [-0.3, -0.25) is 14.5 Å². The van der Waals surface area contributed by atoms with Gasteiger partial charge in [0.15, 0.2) is 5.75 Å². The number of nitrogens with zero attached hydrogens (tertiary/aromatic N) is 1. The van der Waals surface area contributed by atoms with Gasteiger partial charge in [0.05, 0.1) is 5.52 Å². The summed E-state index contributed by atoms with van der Waals surface area (Å²) in [5.74, 6) is -0.651. The number of rotatable bonds is 11. The van der Waals surface area contributed by atoms with Gasteiger partial charge < -0.3 is 14.8 Å². The number of aromatic nitrogens is 1. The van der Waals surface area contributed by atoms with Crippen LogP contribution in [0.2, 0.25) is 0 Å². The van der Waals surface area contributed by atoms with Crippen LogP contribution in [0, 0.1) is 0 Å². The molecule has 0 aliphatic heterocycles. The number of para-hydroxylation sites is 1. The number of H-pyrrole nitrogens is 1. The van der Waals surface area contributed by atoms with Crippen LogP contribution in [0.25, 0.3) is 10.9 Å². The predicted octanol–water partition coefficient (Wildman–Crippen LogP) is 4.38. The second kappa shape index (κ2) is 10.3. The second-order valence-corrected chi connectivity index (χ2v) is 7.74. The van der Waals surface area contributed by atoms with Gasteiger partial charge in [0, 0.05) is 43.1 Å². The third-order valence-electron chi connectivity index (χ3n) is 4.97. The lowest BCUT2D eigenvalue weighted by molar-refractivity contribution is -0.138. The molecule has 6 nitrogen and oxygen atoms in total. The topological polar surface area (TPSA) is 82.6 Å². The predicted molar refractivity (Wildman–Crippen MR) is 111 cm³/mol. The Labute approximate surface area is 166 Å². The summed E-state index contributed by atoms with van der Waals surface area (Å²) in [6.07, 6.45) is 4.19. The highest BCUT2D eigenvalue weighted by Gasteiger charge is 2.16. The number of aliphatic carboxylic acids is 1. The number of esters is 1. The highest BCUT2D eigenvalue weighted by molar-refractivity contribution is 5.90. The van der Waals surface area contributed by atoms with Crippen molar-refractivity contribution >= 4 is 22.8 Å². The number of nitrogens with one attached hydrogen (secondary N) is 1. The Bertz CT molecular complexity index is 787. The fourth-order valence-corrected chi connectivity index (χ4v) is 3.56. The lowest BCUT2D eigenvalue weighted by atomic mass is 10.1. The maximum absolute atomic E-state index is 12.1. The fourth-order valence-electron chi connectivity index (χ4n) is 3.56. The molecule has 0 radical (unpaired) electrons. The van der Waals surface area contributed by atoms with Crippen LogP contribution in [0.15, 0.2) is 24.4 Å². The molecule has 154 valence electrons. The molecule has 0 unspecified atom stereocenters. The Morgan fingerprint density at radius 3 is 2.43 bits per heavy atom. The van der Waals surface area contributed by atoms with Crippen molar-refractivity contribution in [1.29, 1.82) is 0 Å². The fraction of sp³-hybridized carbons (Fsp3) is 0.545. The maximum Gasteiger partial charge on any atom is 0.311 e. The van der Waals surface area contributed by atoms with E-state index in [1.807, 2.05) is 18.3 Å². The summed E-state index contributed by atoms with van der Waals surface area (Å²) >= 11 is 0. The third-order valence-corrected chi connectivity index (χ3v) is 4.97. The van der Waals surface area contributed by atoms with Gasteiger partial charge in [0.1, 0.15) is 0 Å². The molecule has 6 heteroatoms. The lowest BCUT2D eigenvalue weighted by Crippen LogP contribution is -2.38. The molecule has 2 aromatic rings. The number of carbonyl (C=O) groups is 2. The van der Waals surface area contributed by atoms with Crippen LogP contribution in [-0.2, 0) is 16.0 Å². The molecule has 0 saturated carbocycles. The number of ether oxygens (including phenoxy) is 1. The lowest BCUT2D eigenvalue weighted by Gasteiger charge is -2.30. The first-order valence-electron chi connectivity index (χ1n) is 10.1. The number of carboxylic acid groups (broad SMARTS) is 1. The van der Waals surface area contributed by atoms with Crippen molar-refractivity contribution in [3.8, 4) is 5.75 Å². The van der Waals surface area contributed by atoms with Crippen molar-refractivity contribution in [1.82, 2.24) is 9.88 Å². The molecule has 0 saturated heterocycles. The largest absolute Gasteiger partial charge is 0.481 e. The van der Waals surface area contributed by atoms with E-state index in [0.29, 0.717) is 30.7 Å². The maximum atomic E-state index is 12.1. The first kappa shape index (κ1) is 22.0. The van der Waals surface area contributed by atoms with E-state index in [1.54, 1.807) is 6.07 Å². The molecule has 0 atom stereocenters. The van der Waals surface area contributed by atoms with Crippen LogP contribution in [0.3, 0.4) is 0 Å². The summed E-state index contributed by atoms with van der Waals surface area (Å²) in [6.45, 7) is 9.81. The molecule has 0 amide bonds. The van der Waals surface area contributed by atoms with E-state index in [-0.39, 0.29) is 18.8 Å². The molecule has 28 heavy (non-hydrogen) atoms. The Kier molecular flexibility index (Phi) is 8.05. The highest BCUT2D eigenvalue weighted by Crippen LogP contribution is 2.28. The Balaban J connectivity index is 2.02. The van der Waals surface area contributed by atoms with E-state index >= 15 is 0 Å². The van der Waals surface area contributed by atoms with Gasteiger partial charge in [0.2, 0.25) is 0 Å². The van der Waals surface area contributed by atoms with Crippen LogP contribution in [0.4, 0.5) is 0 Å². The molecule has 1 heterocycles. The van der Waals surface area contributed by atoms with Crippen molar-refractivity contribution in [2.24, 2.45) is 0 Å². The number of carbonyl (C=O) groups excluding carboxylic acids is 1. The van der Waals surface area contributed by atoms with Gasteiger partial charge in [-0.2, -0.15) is 0 Å². The minimum atomic E-state index is -0.842. The zero-order chi connectivity index (χ0) is 20.7. The number of unbranched alkanes of at least 4 members (excludes halogenated alkanes) is 1. The number of hydrogen-bond donors (Lipinski definition) is 2. The van der Waals surface area contributed by atoms with Crippen LogP contribution in [0.5, 0.6) is 5.75 Å². The Hall–Kier alpha value is -2.34. The first-order chi connectivity index (χ1) is 13.3. The van der Waals surface area contributed by atoms with Gasteiger partial charge >= 0.3 is 11.9 Å². The smallest absolute Gasteiger partial charge is 0.311 e. The Morgan fingerprint density at radius 1 is 1.11 bits per heavy atom. The summed E-state index contributed by atoms with van der Waals surface area (Å²) in [4.78, 5) is 28.3. The molecule has 1 aromatic heterocycles. The van der Waals surface area contributed by atoms with Crippen molar-refractivity contribution in [3.05, 3.63) is 30.0 Å². The highest BCUT2D eigenvalue weighted by atomic mass is 16.5. The zero-order valence-electron chi connectivity index (χ0n) is 17.3. The van der Waals surface area contributed by atoms with Crippen LogP contribution in [0.1, 0.15) is 58.9 Å². The molecule has 0 aliphatic rings. The number of aromatic amines is 1.